The molecule has 0 spiro atoms. The van der Waals surface area contributed by atoms with Gasteiger partial charge in [0.2, 0.25) is 11.3 Å². The largest absolute Gasteiger partial charge is 0.744 e. The Morgan fingerprint density at radius 2 is 1.41 bits per heavy atom. The van der Waals surface area contributed by atoms with Crippen molar-refractivity contribution >= 4 is 77.6 Å². The van der Waals surface area contributed by atoms with Crippen LogP contribution in [-0.4, -0.2) is 133 Å². The van der Waals surface area contributed by atoms with Crippen molar-refractivity contribution in [2.75, 3.05) is 72.2 Å². The van der Waals surface area contributed by atoms with Crippen LogP contribution in [-0.2, 0) is 53.6 Å². The number of nitrogens with one attached hydrogen (secondary N) is 4. The minimum atomic E-state index is -5.30. The molecule has 5 rings (SSSR count). The number of amides is 2. The van der Waals surface area contributed by atoms with E-state index in [1.165, 1.54) is 37.4 Å². The molecule has 0 radical (unpaired) electrons. The van der Waals surface area contributed by atoms with E-state index in [-0.39, 0.29) is 72.2 Å². The lowest BCUT2D eigenvalue weighted by molar-refractivity contribution is -0.176. The van der Waals surface area contributed by atoms with E-state index in [9.17, 15) is 45.1 Å². The van der Waals surface area contributed by atoms with Crippen molar-refractivity contribution in [2.24, 2.45) is 5.92 Å². The molecule has 1 fully saturated rings. The van der Waals surface area contributed by atoms with E-state index in [1.54, 1.807) is 19.1 Å². The molecule has 21 nitrogen and oxygen atoms in total. The Balaban J connectivity index is 0.952. The summed E-state index contributed by atoms with van der Waals surface area (Å²) >= 11 is 5.16. The molecular weight excluding hydrogens is 1030 g/mol. The quantitative estimate of drug-likeness (QED) is 0.0129. The van der Waals surface area contributed by atoms with Crippen molar-refractivity contribution in [3.63, 3.8) is 0 Å². The summed E-state index contributed by atoms with van der Waals surface area (Å²) in [5.74, 6) is -1.70. The Morgan fingerprint density at radius 1 is 0.773 bits per heavy atom. The van der Waals surface area contributed by atoms with Gasteiger partial charge in [0.05, 0.1) is 51.9 Å². The van der Waals surface area contributed by atoms with E-state index in [2.05, 4.69) is 28.2 Å². The Morgan fingerprint density at radius 3 is 2.04 bits per heavy atom. The maximum Gasteiger partial charge on any atom is 0.251 e. The zero-order chi connectivity index (χ0) is 54.7. The fourth-order valence-corrected chi connectivity index (χ4v) is 10.7. The van der Waals surface area contributed by atoms with Crippen LogP contribution in [0.1, 0.15) is 99.9 Å². The number of Topliss-reactive ketones (excluding diaryl/α,β-unsaturated/α-hetero) is 2. The molecule has 0 aromatic heterocycles. The van der Waals surface area contributed by atoms with E-state index in [4.69, 9.17) is 46.7 Å². The highest BCUT2D eigenvalue weighted by Gasteiger charge is 2.29. The summed E-state index contributed by atoms with van der Waals surface area (Å²) in [7, 11) is -9.09. The molecular formula is C51H69N6O15S3-. The van der Waals surface area contributed by atoms with Gasteiger partial charge in [0.15, 0.2) is 21.4 Å². The van der Waals surface area contributed by atoms with Crippen LogP contribution in [0.4, 0.5) is 5.69 Å². The lowest BCUT2D eigenvalue weighted by Gasteiger charge is -2.22. The zero-order valence-electron chi connectivity index (χ0n) is 42.6. The van der Waals surface area contributed by atoms with Crippen LogP contribution >= 0.6 is 12.2 Å². The lowest BCUT2D eigenvalue weighted by atomic mass is 9.90. The van der Waals surface area contributed by atoms with Crippen LogP contribution in [0, 0.1) is 12.8 Å². The SMILES string of the molecule is CNC(=O)[C@H](CCCCNC(=O)c1ccc(-c2c3ccc(=[NH2+])c(S(=O)(=O)[O-])c-3oc3c(S(=O)(=O)[O-])c(N)ccc23)c(C)c1)CC(=O)CCOCCOCCOCCOCCCC(=O)CCCCC[C@H]1NC(=S)N[C@H]1C. The van der Waals surface area contributed by atoms with Crippen LogP contribution in [0.5, 0.6) is 0 Å². The number of unbranched alkanes of at least 4 members (excludes halogenated alkanes) is 3. The molecule has 2 amide bonds. The predicted octanol–water partition coefficient (Wildman–Crippen LogP) is 2.78. The summed E-state index contributed by atoms with van der Waals surface area (Å²) in [6.07, 6.45) is 7.44. The Hall–Kier alpha value is -5.44. The molecule has 0 saturated carbocycles. The fourth-order valence-electron chi connectivity index (χ4n) is 8.89. The molecule has 0 unspecified atom stereocenters. The summed E-state index contributed by atoms with van der Waals surface area (Å²) in [5, 5.41) is 18.1. The molecule has 75 heavy (non-hydrogen) atoms. The fraction of sp³-hybridized carbons (Fsp3) is 0.529. The molecule has 2 aromatic rings. The van der Waals surface area contributed by atoms with Crippen LogP contribution in [0.3, 0.4) is 0 Å². The number of anilines is 1. The molecule has 2 heterocycles. The number of hydrogen-bond donors (Lipinski definition) is 6. The standard InChI is InChI=1S/C51H70N6O15S3/c1-32-30-35(14-15-38(32)44-39-16-18-41(52)47(74(62,63)64)45(39)72-46-40(44)17-19-42(53)48(46)75(65,66)67)50(61)55-21-8-7-10-34(49(60)54-3)31-37(59)20-23-69-25-27-71-29-28-70-26-24-68-22-9-12-36(58)11-5-4-6-13-43-33(2)56-51(73)57-43/h14-19,30,33-34,43,52H,4-13,20-29,31,53H2,1-3H3,(H,54,60)(H,55,61)(H2,56,57,73)(H,62,63,64)(H,65,66,67)/p-1/t33-,34+,43+/m0/s1. The van der Waals surface area contributed by atoms with Crippen molar-refractivity contribution in [3.8, 4) is 22.5 Å². The highest BCUT2D eigenvalue weighted by molar-refractivity contribution is 7.86. The number of ether oxygens (including phenoxy) is 4. The van der Waals surface area contributed by atoms with Gasteiger partial charge in [-0.1, -0.05) is 25.3 Å². The van der Waals surface area contributed by atoms with Crippen molar-refractivity contribution in [1.29, 1.82) is 0 Å². The normalized spacial score (nSPS) is 15.2. The lowest BCUT2D eigenvalue weighted by Crippen LogP contribution is -2.47. The molecule has 8 N–H and O–H groups in total. The molecule has 2 aliphatic heterocycles. The van der Waals surface area contributed by atoms with Crippen LogP contribution in [0.15, 0.2) is 56.7 Å². The van der Waals surface area contributed by atoms with Gasteiger partial charge in [-0.2, -0.15) is 0 Å². The third kappa shape index (κ3) is 18.1. The summed E-state index contributed by atoms with van der Waals surface area (Å²) in [5.41, 5.74) is 6.18. The van der Waals surface area contributed by atoms with Crippen molar-refractivity contribution in [1.82, 2.24) is 21.3 Å². The predicted molar refractivity (Wildman–Crippen MR) is 279 cm³/mol. The first-order chi connectivity index (χ1) is 35.7. The van der Waals surface area contributed by atoms with Gasteiger partial charge >= 0.3 is 0 Å². The van der Waals surface area contributed by atoms with Gasteiger partial charge in [-0.3, -0.25) is 24.6 Å². The topological polar surface area (TPSA) is 332 Å². The maximum absolute atomic E-state index is 13.3. The van der Waals surface area contributed by atoms with E-state index >= 15 is 0 Å². The molecule has 1 saturated heterocycles. The van der Waals surface area contributed by atoms with Crippen molar-refractivity contribution in [2.45, 2.75) is 113 Å². The number of benzene rings is 3. The highest BCUT2D eigenvalue weighted by Crippen LogP contribution is 2.45. The number of carbonyl (C=O) groups excluding carboxylic acids is 4. The van der Waals surface area contributed by atoms with Gasteiger partial charge in [-0.25, -0.2) is 16.8 Å². The number of hydrogen-bond acceptors (Lipinski definition) is 17. The van der Waals surface area contributed by atoms with E-state index in [0.717, 1.165) is 30.8 Å². The van der Waals surface area contributed by atoms with E-state index in [1.807, 2.05) is 0 Å². The second-order valence-corrected chi connectivity index (χ2v) is 21.4. The molecule has 412 valence electrons. The minimum absolute atomic E-state index is 0.0348. The Bertz CT molecular complexity index is 2900. The van der Waals surface area contributed by atoms with Crippen molar-refractivity contribution in [3.05, 3.63) is 58.9 Å². The van der Waals surface area contributed by atoms with E-state index < -0.39 is 64.2 Å². The zero-order valence-corrected chi connectivity index (χ0v) is 45.1. The second-order valence-electron chi connectivity index (χ2n) is 18.4. The van der Waals surface area contributed by atoms with Gasteiger partial charge in [-0.05, 0) is 99.6 Å². The first-order valence-corrected chi connectivity index (χ1v) is 28.3. The van der Waals surface area contributed by atoms with Gasteiger partial charge < -0.3 is 59.5 Å². The number of ketones is 2. The average Bonchev–Trinajstić information content (AvgIpc) is 3.67. The first-order valence-electron chi connectivity index (χ1n) is 25.1. The number of nitrogens with two attached hydrogens (primary N) is 2. The summed E-state index contributed by atoms with van der Waals surface area (Å²) in [6.45, 7) is 6.91. The summed E-state index contributed by atoms with van der Waals surface area (Å²) in [6, 6.07) is 10.5. The number of thiocarbonyl (C=S) groups is 1. The number of aryl methyl sites for hydroxylation is 1. The number of fused-ring (bicyclic) bond motifs is 2. The van der Waals surface area contributed by atoms with Crippen molar-refractivity contribution < 1.29 is 73.9 Å². The van der Waals surface area contributed by atoms with E-state index in [0.29, 0.717) is 101 Å². The molecule has 24 heteroatoms. The van der Waals surface area contributed by atoms with Gasteiger partial charge in [0.25, 0.3) is 5.91 Å². The number of nitrogen functional groups attached to an aromatic ring is 1. The summed E-state index contributed by atoms with van der Waals surface area (Å²) < 4.78 is 102. The van der Waals surface area contributed by atoms with Crippen LogP contribution in [0.25, 0.3) is 33.4 Å². The maximum atomic E-state index is 13.3. The van der Waals surface area contributed by atoms with Gasteiger partial charge in [0, 0.05) is 92.0 Å². The minimum Gasteiger partial charge on any atom is -0.744 e. The third-order valence-corrected chi connectivity index (χ3v) is 14.9. The Kier molecular flexibility index (Phi) is 23.5. The van der Waals surface area contributed by atoms with Crippen LogP contribution < -0.4 is 37.8 Å². The average molecular weight is 1100 g/mol. The molecule has 2 aromatic carbocycles. The van der Waals surface area contributed by atoms with Gasteiger partial charge in [0.1, 0.15) is 36.7 Å². The molecule has 3 atom stereocenters. The third-order valence-electron chi connectivity index (χ3n) is 12.8. The van der Waals surface area contributed by atoms with Crippen LogP contribution in [0.2, 0.25) is 0 Å². The highest BCUT2D eigenvalue weighted by atomic mass is 32.2. The summed E-state index contributed by atoms with van der Waals surface area (Å²) in [4.78, 5) is 49.0. The molecule has 1 aliphatic carbocycles. The molecule has 0 bridgehead atoms. The Labute approximate surface area is 443 Å². The monoisotopic (exact) mass is 1100 g/mol. The smallest absolute Gasteiger partial charge is 0.251 e. The van der Waals surface area contributed by atoms with Gasteiger partial charge in [-0.15, -0.1) is 0 Å². The second kappa shape index (κ2) is 29.2. The number of rotatable bonds is 34. The molecule has 3 aliphatic rings. The number of carbonyl (C=O) groups is 4. The first kappa shape index (κ1) is 60.4.